The van der Waals surface area contributed by atoms with Gasteiger partial charge in [-0.2, -0.15) is 0 Å². The minimum Gasteiger partial charge on any atom is -0.494 e. The summed E-state index contributed by atoms with van der Waals surface area (Å²) in [6, 6.07) is 16.5. The number of hydrogen-bond donors (Lipinski definition) is 0. The molecule has 0 fully saturated rings. The molecule has 0 unspecified atom stereocenters. The molecule has 2 heterocycles. The molecule has 220 valence electrons. The highest BCUT2D eigenvalue weighted by Gasteiger charge is 2.18. The normalized spacial score (nSPS) is 11.3. The Morgan fingerprint density at radius 3 is 1.29 bits per heavy atom. The van der Waals surface area contributed by atoms with Crippen LogP contribution < -0.4 is 9.47 Å². The van der Waals surface area contributed by atoms with Crippen LogP contribution in [-0.2, 0) is 0 Å². The maximum atomic E-state index is 6.03. The second-order valence-electron chi connectivity index (χ2n) is 10.5. The zero-order valence-corrected chi connectivity index (χ0v) is 28.4. The third kappa shape index (κ3) is 9.52. The minimum absolute atomic E-state index is 0.756. The lowest BCUT2D eigenvalue weighted by atomic mass is 10.0. The van der Waals surface area contributed by atoms with Gasteiger partial charge in [-0.3, -0.25) is 0 Å². The van der Waals surface area contributed by atoms with Gasteiger partial charge in [-0.1, -0.05) is 78.1 Å². The molecule has 0 aliphatic rings. The van der Waals surface area contributed by atoms with Crippen molar-refractivity contribution in [3.8, 4) is 34.0 Å². The van der Waals surface area contributed by atoms with E-state index in [1.165, 1.54) is 64.2 Å². The smallest absolute Gasteiger partial charge is 0.119 e. The van der Waals surface area contributed by atoms with E-state index in [0.29, 0.717) is 0 Å². The molecule has 0 radical (unpaired) electrons. The molecule has 7 heteroatoms. The van der Waals surface area contributed by atoms with Gasteiger partial charge < -0.3 is 9.47 Å². The third-order valence-electron chi connectivity index (χ3n) is 7.24. The van der Waals surface area contributed by atoms with Crippen molar-refractivity contribution >= 4 is 54.2 Å². The maximum absolute atomic E-state index is 6.03. The average molecular weight is 703 g/mol. The summed E-state index contributed by atoms with van der Waals surface area (Å²) in [6.07, 6.45) is 15.1. The fourth-order valence-corrected chi connectivity index (χ4v) is 7.66. The monoisotopic (exact) mass is 700 g/mol. The van der Waals surface area contributed by atoms with E-state index >= 15 is 0 Å². The van der Waals surface area contributed by atoms with Crippen molar-refractivity contribution in [1.82, 2.24) is 9.97 Å². The Morgan fingerprint density at radius 1 is 0.537 bits per heavy atom. The molecule has 0 spiro atoms. The van der Waals surface area contributed by atoms with Gasteiger partial charge in [0, 0.05) is 11.1 Å². The first-order valence-corrected chi connectivity index (χ1v) is 17.6. The first-order chi connectivity index (χ1) is 20.1. The second-order valence-corrected chi connectivity index (χ2v) is 14.2. The number of halogens is 2. The number of benzene rings is 2. The van der Waals surface area contributed by atoms with Gasteiger partial charge in [0.2, 0.25) is 0 Å². The summed E-state index contributed by atoms with van der Waals surface area (Å²) in [6.45, 7) is 6.01. The summed E-state index contributed by atoms with van der Waals surface area (Å²) in [5, 5.41) is 0. The number of rotatable bonds is 18. The molecule has 41 heavy (non-hydrogen) atoms. The summed E-state index contributed by atoms with van der Waals surface area (Å²) in [7, 11) is 0. The highest BCUT2D eigenvalue weighted by atomic mass is 79.9. The molecule has 0 atom stereocenters. The van der Waals surface area contributed by atoms with Gasteiger partial charge in [0.15, 0.2) is 0 Å². The summed E-state index contributed by atoms with van der Waals surface area (Å²) in [5.74, 6) is 1.79. The average Bonchev–Trinajstić information content (AvgIpc) is 3.28. The van der Waals surface area contributed by atoms with Crippen molar-refractivity contribution in [2.75, 3.05) is 13.2 Å². The van der Waals surface area contributed by atoms with Gasteiger partial charge in [-0.25, -0.2) is 9.97 Å². The van der Waals surface area contributed by atoms with Crippen LogP contribution >= 0.6 is 43.2 Å². The van der Waals surface area contributed by atoms with Crippen molar-refractivity contribution in [3.63, 3.8) is 0 Å². The third-order valence-corrected chi connectivity index (χ3v) is 9.70. The lowest BCUT2D eigenvalue weighted by Gasteiger charge is -2.12. The Morgan fingerprint density at radius 2 is 0.902 bits per heavy atom. The molecule has 0 bridgehead atoms. The molecule has 0 aliphatic heterocycles. The molecular formula is C34H42Br2N2O2S. The van der Waals surface area contributed by atoms with E-state index in [1.807, 2.05) is 24.3 Å². The Hall–Kier alpha value is -1.96. The SMILES string of the molecule is CCCCCCCCOc1ccc(-c2nc3c(Br)sc(Br)c3nc2-c2ccc(OCCCCCCCC)cc2)cc1. The zero-order chi connectivity index (χ0) is 28.9. The summed E-state index contributed by atoms with van der Waals surface area (Å²) >= 11 is 8.95. The van der Waals surface area contributed by atoms with E-state index < -0.39 is 0 Å². The molecule has 2 aromatic carbocycles. The molecule has 0 saturated heterocycles. The van der Waals surface area contributed by atoms with Gasteiger partial charge in [-0.05, 0) is 93.2 Å². The van der Waals surface area contributed by atoms with E-state index in [1.54, 1.807) is 11.3 Å². The number of nitrogens with zero attached hydrogens (tertiary/aromatic N) is 2. The Bertz CT molecular complexity index is 1240. The van der Waals surface area contributed by atoms with Crippen molar-refractivity contribution < 1.29 is 9.47 Å². The summed E-state index contributed by atoms with van der Waals surface area (Å²) in [5.41, 5.74) is 5.46. The Balaban J connectivity index is 1.46. The lowest BCUT2D eigenvalue weighted by Crippen LogP contribution is -1.99. The van der Waals surface area contributed by atoms with Crippen molar-refractivity contribution in [1.29, 1.82) is 0 Å². The first kappa shape index (κ1) is 32.0. The molecule has 0 N–H and O–H groups in total. The van der Waals surface area contributed by atoms with Crippen LogP contribution in [0.4, 0.5) is 0 Å². The molecule has 4 nitrogen and oxygen atoms in total. The lowest BCUT2D eigenvalue weighted by molar-refractivity contribution is 0.304. The Kier molecular flexibility index (Phi) is 13.4. The molecule has 0 saturated carbocycles. The van der Waals surface area contributed by atoms with Gasteiger partial charge in [0.25, 0.3) is 0 Å². The fourth-order valence-electron chi connectivity index (χ4n) is 4.85. The van der Waals surface area contributed by atoms with Gasteiger partial charge in [0.1, 0.15) is 22.5 Å². The molecule has 4 aromatic rings. The van der Waals surface area contributed by atoms with Crippen molar-refractivity contribution in [2.45, 2.75) is 90.9 Å². The number of hydrogen-bond acceptors (Lipinski definition) is 5. The Labute approximate surface area is 266 Å². The largest absolute Gasteiger partial charge is 0.494 e. The minimum atomic E-state index is 0.756. The quantitative estimate of drug-likeness (QED) is 0.0969. The first-order valence-electron chi connectivity index (χ1n) is 15.2. The predicted molar refractivity (Wildman–Crippen MR) is 181 cm³/mol. The summed E-state index contributed by atoms with van der Waals surface area (Å²) in [4.78, 5) is 10.2. The van der Waals surface area contributed by atoms with Crippen LogP contribution in [0.2, 0.25) is 0 Å². The van der Waals surface area contributed by atoms with E-state index in [4.69, 9.17) is 19.4 Å². The van der Waals surface area contributed by atoms with E-state index in [-0.39, 0.29) is 0 Å². The number of unbranched alkanes of at least 4 members (excludes halogenated alkanes) is 10. The van der Waals surface area contributed by atoms with Crippen LogP contribution in [0.25, 0.3) is 33.5 Å². The van der Waals surface area contributed by atoms with E-state index in [9.17, 15) is 0 Å². The maximum Gasteiger partial charge on any atom is 0.119 e. The van der Waals surface area contributed by atoms with Crippen LogP contribution in [-0.4, -0.2) is 23.2 Å². The molecule has 2 aromatic heterocycles. The van der Waals surface area contributed by atoms with Crippen molar-refractivity contribution in [3.05, 3.63) is 56.1 Å². The van der Waals surface area contributed by atoms with Crippen LogP contribution in [0.5, 0.6) is 11.5 Å². The van der Waals surface area contributed by atoms with Gasteiger partial charge in [-0.15, -0.1) is 11.3 Å². The fraction of sp³-hybridized carbons (Fsp3) is 0.471. The van der Waals surface area contributed by atoms with E-state index in [2.05, 4.69) is 70.0 Å². The molecular weight excluding hydrogens is 660 g/mol. The summed E-state index contributed by atoms with van der Waals surface area (Å²) < 4.78 is 14.0. The van der Waals surface area contributed by atoms with Crippen LogP contribution in [0, 0.1) is 0 Å². The van der Waals surface area contributed by atoms with Crippen molar-refractivity contribution in [2.24, 2.45) is 0 Å². The number of fused-ring (bicyclic) bond motifs is 1. The topological polar surface area (TPSA) is 44.2 Å². The number of ether oxygens (including phenoxy) is 2. The number of aromatic nitrogens is 2. The molecule has 0 aliphatic carbocycles. The van der Waals surface area contributed by atoms with Crippen LogP contribution in [0.15, 0.2) is 56.1 Å². The standard InChI is InChI=1S/C34H42Br2N2O2S/c1-3-5-7-9-11-13-23-39-27-19-15-25(16-20-27)29-30(38-32-31(37-29)33(35)41-34(32)36)26-17-21-28(22-18-26)40-24-14-12-10-8-6-4-2/h15-22H,3-14,23-24H2,1-2H3. The zero-order valence-electron chi connectivity index (χ0n) is 24.4. The number of thiophene rings is 1. The highest BCUT2D eigenvalue weighted by Crippen LogP contribution is 2.41. The second kappa shape index (κ2) is 17.2. The molecule has 0 amide bonds. The molecule has 4 rings (SSSR count). The van der Waals surface area contributed by atoms with E-state index in [0.717, 1.165) is 78.7 Å². The van der Waals surface area contributed by atoms with Crippen LogP contribution in [0.3, 0.4) is 0 Å². The van der Waals surface area contributed by atoms with Crippen LogP contribution in [0.1, 0.15) is 90.9 Å². The predicted octanol–water partition coefficient (Wildman–Crippen LogP) is 12.0. The highest BCUT2D eigenvalue weighted by molar-refractivity contribution is 9.12. The van der Waals surface area contributed by atoms with Gasteiger partial charge >= 0.3 is 0 Å². The van der Waals surface area contributed by atoms with Gasteiger partial charge in [0.05, 0.1) is 32.2 Å².